The van der Waals surface area contributed by atoms with Crippen LogP contribution in [0, 0.1) is 6.92 Å². The second kappa shape index (κ2) is 4.42. The Morgan fingerprint density at radius 3 is 2.50 bits per heavy atom. The highest BCUT2D eigenvalue weighted by Crippen LogP contribution is 2.33. The molecule has 0 aliphatic carbocycles. The van der Waals surface area contributed by atoms with Crippen LogP contribution in [0.4, 0.5) is 0 Å². The maximum Gasteiger partial charge on any atom is 0.254 e. The fraction of sp³-hybridized carbons (Fsp3) is 0.267. The average Bonchev–Trinajstić information content (AvgIpc) is 2.37. The third-order valence-electron chi connectivity index (χ3n) is 3.49. The van der Waals surface area contributed by atoms with E-state index in [4.69, 9.17) is 10.5 Å². The summed E-state index contributed by atoms with van der Waals surface area (Å²) in [6, 6.07) is 11.9. The van der Waals surface area contributed by atoms with Gasteiger partial charge in [0.25, 0.3) is 5.91 Å². The maximum atomic E-state index is 11.7. The Morgan fingerprint density at radius 2 is 1.89 bits per heavy atom. The third kappa shape index (κ3) is 1.77. The van der Waals surface area contributed by atoms with Crippen molar-refractivity contribution in [3.05, 3.63) is 47.5 Å². The number of ether oxygens (including phenoxy) is 1. The van der Waals surface area contributed by atoms with E-state index in [1.165, 1.54) is 7.11 Å². The van der Waals surface area contributed by atoms with Crippen LogP contribution < -0.4 is 5.73 Å². The largest absolute Gasteiger partial charge is 0.367 e. The number of amides is 1. The fourth-order valence-corrected chi connectivity index (χ4v) is 2.34. The van der Waals surface area contributed by atoms with Crippen molar-refractivity contribution in [2.24, 2.45) is 5.73 Å². The number of hydrogen-bond acceptors (Lipinski definition) is 2. The smallest absolute Gasteiger partial charge is 0.254 e. The van der Waals surface area contributed by atoms with Gasteiger partial charge in [-0.3, -0.25) is 4.79 Å². The monoisotopic (exact) mass is 243 g/mol. The minimum absolute atomic E-state index is 0.482. The summed E-state index contributed by atoms with van der Waals surface area (Å²) in [6.45, 7) is 3.67. The van der Waals surface area contributed by atoms with Gasteiger partial charge in [0.15, 0.2) is 5.60 Å². The Balaban J connectivity index is 2.84. The van der Waals surface area contributed by atoms with Gasteiger partial charge in [0.2, 0.25) is 0 Å². The van der Waals surface area contributed by atoms with E-state index in [1.807, 2.05) is 43.3 Å². The van der Waals surface area contributed by atoms with Gasteiger partial charge in [-0.25, -0.2) is 0 Å². The molecule has 1 amide bonds. The van der Waals surface area contributed by atoms with Crippen molar-refractivity contribution in [2.75, 3.05) is 7.11 Å². The highest BCUT2D eigenvalue weighted by molar-refractivity contribution is 5.94. The number of benzene rings is 2. The number of methoxy groups -OCH3 is 1. The number of primary amides is 1. The number of hydrogen-bond donors (Lipinski definition) is 1. The predicted octanol–water partition coefficient (Wildman–Crippen LogP) is 2.50. The summed E-state index contributed by atoms with van der Waals surface area (Å²) in [5.74, 6) is -0.482. The van der Waals surface area contributed by atoms with E-state index >= 15 is 0 Å². The second-order valence-corrected chi connectivity index (χ2v) is 4.58. The van der Waals surface area contributed by atoms with Crippen LogP contribution in [0.25, 0.3) is 10.8 Å². The molecule has 0 saturated heterocycles. The molecule has 0 aliphatic heterocycles. The molecule has 2 N–H and O–H groups in total. The molecule has 2 aromatic carbocycles. The Hall–Kier alpha value is -1.87. The molecule has 0 fully saturated rings. The SMILES string of the molecule is COC(C)(C(N)=O)c1c(C)ccc2ccccc12. The van der Waals surface area contributed by atoms with Gasteiger partial charge in [0, 0.05) is 12.7 Å². The van der Waals surface area contributed by atoms with Gasteiger partial charge in [0.1, 0.15) is 0 Å². The number of rotatable bonds is 3. The Morgan fingerprint density at radius 1 is 1.22 bits per heavy atom. The lowest BCUT2D eigenvalue weighted by Gasteiger charge is -2.28. The Kier molecular flexibility index (Phi) is 3.09. The van der Waals surface area contributed by atoms with Crippen LogP contribution in [0.1, 0.15) is 18.1 Å². The molecule has 0 aromatic heterocycles. The van der Waals surface area contributed by atoms with Gasteiger partial charge in [-0.15, -0.1) is 0 Å². The standard InChI is InChI=1S/C15H17NO2/c1-10-8-9-11-6-4-5-7-12(11)13(10)15(2,18-3)14(16)17/h4-9H,1-3H3,(H2,16,17). The van der Waals surface area contributed by atoms with Crippen molar-refractivity contribution in [3.8, 4) is 0 Å². The number of carbonyl (C=O) groups excluding carboxylic acids is 1. The Labute approximate surface area is 107 Å². The maximum absolute atomic E-state index is 11.7. The minimum atomic E-state index is -1.11. The molecule has 3 heteroatoms. The van der Waals surface area contributed by atoms with E-state index in [0.29, 0.717) is 0 Å². The molecule has 1 atom stereocenters. The van der Waals surface area contributed by atoms with Crippen molar-refractivity contribution in [3.63, 3.8) is 0 Å². The van der Waals surface area contributed by atoms with Crippen molar-refractivity contribution in [2.45, 2.75) is 19.4 Å². The topological polar surface area (TPSA) is 52.3 Å². The zero-order valence-electron chi connectivity index (χ0n) is 10.9. The van der Waals surface area contributed by atoms with Gasteiger partial charge >= 0.3 is 0 Å². The fourth-order valence-electron chi connectivity index (χ4n) is 2.34. The highest BCUT2D eigenvalue weighted by atomic mass is 16.5. The summed E-state index contributed by atoms with van der Waals surface area (Å²) in [4.78, 5) is 11.7. The first-order chi connectivity index (χ1) is 8.50. The summed E-state index contributed by atoms with van der Waals surface area (Å²) in [5.41, 5.74) is 6.24. The van der Waals surface area contributed by atoms with E-state index in [0.717, 1.165) is 21.9 Å². The molecule has 18 heavy (non-hydrogen) atoms. The summed E-state index contributed by atoms with van der Waals surface area (Å²) in [7, 11) is 1.51. The molecule has 3 nitrogen and oxygen atoms in total. The van der Waals surface area contributed by atoms with Gasteiger partial charge < -0.3 is 10.5 Å². The van der Waals surface area contributed by atoms with E-state index in [2.05, 4.69) is 0 Å². The lowest BCUT2D eigenvalue weighted by atomic mass is 9.86. The normalized spacial score (nSPS) is 14.4. The molecule has 0 radical (unpaired) electrons. The van der Waals surface area contributed by atoms with Gasteiger partial charge in [-0.2, -0.15) is 0 Å². The zero-order valence-corrected chi connectivity index (χ0v) is 10.9. The van der Waals surface area contributed by atoms with Gasteiger partial charge in [-0.05, 0) is 30.2 Å². The van der Waals surface area contributed by atoms with E-state index in [9.17, 15) is 4.79 Å². The Bertz CT molecular complexity index is 606. The summed E-state index contributed by atoms with van der Waals surface area (Å²) in [6.07, 6.45) is 0. The van der Waals surface area contributed by atoms with Crippen LogP contribution in [0.15, 0.2) is 36.4 Å². The lowest BCUT2D eigenvalue weighted by Crippen LogP contribution is -2.40. The third-order valence-corrected chi connectivity index (χ3v) is 3.49. The zero-order chi connectivity index (χ0) is 13.3. The van der Waals surface area contributed by atoms with Crippen molar-refractivity contribution in [1.82, 2.24) is 0 Å². The first kappa shape index (κ1) is 12.6. The van der Waals surface area contributed by atoms with Crippen LogP contribution in [0.3, 0.4) is 0 Å². The van der Waals surface area contributed by atoms with Crippen LogP contribution in [-0.4, -0.2) is 13.0 Å². The number of aryl methyl sites for hydroxylation is 1. The van der Waals surface area contributed by atoms with Crippen molar-refractivity contribution >= 4 is 16.7 Å². The summed E-state index contributed by atoms with van der Waals surface area (Å²) < 4.78 is 5.40. The van der Waals surface area contributed by atoms with Crippen molar-refractivity contribution < 1.29 is 9.53 Å². The van der Waals surface area contributed by atoms with E-state index in [1.54, 1.807) is 6.92 Å². The predicted molar refractivity (Wildman–Crippen MR) is 72.2 cm³/mol. The molecule has 0 bridgehead atoms. The number of carbonyl (C=O) groups is 1. The van der Waals surface area contributed by atoms with Gasteiger partial charge in [-0.1, -0.05) is 36.4 Å². The molecular weight excluding hydrogens is 226 g/mol. The molecule has 0 aliphatic rings. The van der Waals surface area contributed by atoms with E-state index < -0.39 is 11.5 Å². The lowest BCUT2D eigenvalue weighted by molar-refractivity contribution is -0.138. The molecular formula is C15H17NO2. The van der Waals surface area contributed by atoms with E-state index in [-0.39, 0.29) is 0 Å². The summed E-state index contributed by atoms with van der Waals surface area (Å²) >= 11 is 0. The minimum Gasteiger partial charge on any atom is -0.367 e. The molecule has 0 saturated carbocycles. The molecule has 0 spiro atoms. The van der Waals surface area contributed by atoms with Crippen LogP contribution in [0.5, 0.6) is 0 Å². The molecule has 2 aromatic rings. The number of fused-ring (bicyclic) bond motifs is 1. The van der Waals surface area contributed by atoms with Gasteiger partial charge in [0.05, 0.1) is 0 Å². The average molecular weight is 243 g/mol. The van der Waals surface area contributed by atoms with Crippen LogP contribution >= 0.6 is 0 Å². The molecule has 94 valence electrons. The van der Waals surface area contributed by atoms with Crippen molar-refractivity contribution in [1.29, 1.82) is 0 Å². The molecule has 1 unspecified atom stereocenters. The summed E-state index contributed by atoms with van der Waals surface area (Å²) in [5, 5.41) is 2.07. The highest BCUT2D eigenvalue weighted by Gasteiger charge is 2.35. The second-order valence-electron chi connectivity index (χ2n) is 4.58. The van der Waals surface area contributed by atoms with Crippen LogP contribution in [-0.2, 0) is 15.1 Å². The molecule has 2 rings (SSSR count). The van der Waals surface area contributed by atoms with Crippen LogP contribution in [0.2, 0.25) is 0 Å². The first-order valence-corrected chi connectivity index (χ1v) is 5.84. The quantitative estimate of drug-likeness (QED) is 0.900. The molecule has 0 heterocycles. The number of nitrogens with two attached hydrogens (primary N) is 1. The first-order valence-electron chi connectivity index (χ1n) is 5.84.